The molecule has 0 unspecified atom stereocenters. The largest absolute Gasteiger partial charge is 0.481 e. The summed E-state index contributed by atoms with van der Waals surface area (Å²) in [5.41, 5.74) is 1.30. The molecule has 3 aromatic heterocycles. The van der Waals surface area contributed by atoms with Crippen LogP contribution in [0.15, 0.2) is 35.4 Å². The fourth-order valence-electron chi connectivity index (χ4n) is 3.32. The monoisotopic (exact) mass is 484 g/mol. The van der Waals surface area contributed by atoms with Gasteiger partial charge in [0.05, 0.1) is 37.9 Å². The minimum Gasteiger partial charge on any atom is -0.481 e. The van der Waals surface area contributed by atoms with Crippen LogP contribution in [0.3, 0.4) is 0 Å². The number of hydrogen-bond acceptors (Lipinski definition) is 9. The highest BCUT2D eigenvalue weighted by Gasteiger charge is 2.20. The van der Waals surface area contributed by atoms with Crippen molar-refractivity contribution in [1.82, 2.24) is 24.8 Å². The molecule has 188 valence electrons. The number of fused-ring (bicyclic) bond motifs is 1. The minimum absolute atomic E-state index is 0.0105. The van der Waals surface area contributed by atoms with Crippen molar-refractivity contribution in [3.8, 4) is 17.0 Å². The Kier molecular flexibility index (Phi) is 8.72. The smallest absolute Gasteiger partial charge is 0.293 e. The third-order valence-corrected chi connectivity index (χ3v) is 5.18. The van der Waals surface area contributed by atoms with Gasteiger partial charge in [-0.05, 0) is 32.4 Å². The maximum atomic E-state index is 13.3. The average molecular weight is 485 g/mol. The molecule has 0 aliphatic carbocycles. The van der Waals surface area contributed by atoms with Crippen LogP contribution in [0, 0.1) is 0 Å². The van der Waals surface area contributed by atoms with Gasteiger partial charge in [0.2, 0.25) is 11.8 Å². The summed E-state index contributed by atoms with van der Waals surface area (Å²) in [5, 5.41) is 14.8. The quantitative estimate of drug-likeness (QED) is 0.327. The molecular formula is C24H32N6O5. The van der Waals surface area contributed by atoms with E-state index in [-0.39, 0.29) is 24.9 Å². The zero-order valence-electron chi connectivity index (χ0n) is 20.5. The van der Waals surface area contributed by atoms with Crippen molar-refractivity contribution in [3.05, 3.63) is 40.9 Å². The Labute approximate surface area is 203 Å². The summed E-state index contributed by atoms with van der Waals surface area (Å²) in [4.78, 5) is 38.6. The van der Waals surface area contributed by atoms with Gasteiger partial charge >= 0.3 is 0 Å². The van der Waals surface area contributed by atoms with Gasteiger partial charge in [-0.2, -0.15) is 0 Å². The van der Waals surface area contributed by atoms with Crippen LogP contribution in [0.5, 0.6) is 5.88 Å². The van der Waals surface area contributed by atoms with Crippen LogP contribution in [0.2, 0.25) is 0 Å². The molecule has 0 aliphatic heterocycles. The van der Waals surface area contributed by atoms with Gasteiger partial charge < -0.3 is 25.2 Å². The molecular weight excluding hydrogens is 452 g/mol. The minimum atomic E-state index is -0.777. The Bertz CT molecular complexity index is 1210. The molecule has 0 saturated heterocycles. The lowest BCUT2D eigenvalue weighted by Crippen LogP contribution is -2.48. The van der Waals surface area contributed by atoms with Crippen molar-refractivity contribution in [1.29, 1.82) is 0 Å². The summed E-state index contributed by atoms with van der Waals surface area (Å²) in [5.74, 6) is 0.131. The number of hydrogen-bond donors (Lipinski definition) is 3. The predicted molar refractivity (Wildman–Crippen MR) is 132 cm³/mol. The number of aromatic nitrogens is 4. The van der Waals surface area contributed by atoms with Gasteiger partial charge in [0.25, 0.3) is 5.56 Å². The van der Waals surface area contributed by atoms with Crippen molar-refractivity contribution in [3.63, 3.8) is 0 Å². The molecule has 11 nitrogen and oxygen atoms in total. The predicted octanol–water partition coefficient (Wildman–Crippen LogP) is 1.59. The highest BCUT2D eigenvalue weighted by Crippen LogP contribution is 2.23. The Hall–Kier alpha value is -3.57. The number of aliphatic hydroxyl groups is 1. The van der Waals surface area contributed by atoms with E-state index in [9.17, 15) is 14.7 Å². The molecule has 3 N–H and O–H groups in total. The molecule has 11 heteroatoms. The third-order valence-electron chi connectivity index (χ3n) is 5.18. The molecule has 0 bridgehead atoms. The maximum absolute atomic E-state index is 13.3. The molecule has 3 heterocycles. The first-order valence-corrected chi connectivity index (χ1v) is 11.4. The summed E-state index contributed by atoms with van der Waals surface area (Å²) < 4.78 is 12.3. The molecule has 3 rings (SSSR count). The lowest BCUT2D eigenvalue weighted by molar-refractivity contribution is -0.121. The average Bonchev–Trinajstić information content (AvgIpc) is 2.86. The zero-order valence-corrected chi connectivity index (χ0v) is 20.5. The molecule has 0 fully saturated rings. The standard InChI is InChI=1S/C24H32N6O5/c1-5-9-35-10-8-30-18-11-17(16-6-7-20(34-4)25-12-16)13-26-21(18)28-22(23(30)33)27-14-19(32)29-24(2,3)15-31/h6-7,11-13,31H,5,8-10,14-15H2,1-4H3,(H,29,32)(H,26,27,28). The van der Waals surface area contributed by atoms with Crippen molar-refractivity contribution in [2.24, 2.45) is 0 Å². The van der Waals surface area contributed by atoms with Gasteiger partial charge in [0.15, 0.2) is 11.5 Å². The Morgan fingerprint density at radius 2 is 1.94 bits per heavy atom. The summed E-state index contributed by atoms with van der Waals surface area (Å²) in [6.45, 7) is 6.23. The molecule has 0 radical (unpaired) electrons. The highest BCUT2D eigenvalue weighted by atomic mass is 16.5. The second kappa shape index (κ2) is 11.7. The molecule has 35 heavy (non-hydrogen) atoms. The van der Waals surface area contributed by atoms with Crippen LogP contribution in [0.1, 0.15) is 27.2 Å². The molecule has 0 atom stereocenters. The summed E-state index contributed by atoms with van der Waals surface area (Å²) >= 11 is 0. The second-order valence-electron chi connectivity index (χ2n) is 8.63. The van der Waals surface area contributed by atoms with Crippen molar-refractivity contribution < 1.29 is 19.4 Å². The second-order valence-corrected chi connectivity index (χ2v) is 8.63. The van der Waals surface area contributed by atoms with Gasteiger partial charge in [0, 0.05) is 42.7 Å². The van der Waals surface area contributed by atoms with E-state index in [2.05, 4.69) is 25.6 Å². The zero-order chi connectivity index (χ0) is 25.4. The van der Waals surface area contributed by atoms with E-state index in [1.165, 1.54) is 0 Å². The number of nitrogens with one attached hydrogen (secondary N) is 2. The number of amides is 1. The first kappa shape index (κ1) is 26.0. The van der Waals surface area contributed by atoms with Crippen LogP contribution in [-0.2, 0) is 16.1 Å². The van der Waals surface area contributed by atoms with Crippen LogP contribution in [0.25, 0.3) is 22.3 Å². The van der Waals surface area contributed by atoms with Gasteiger partial charge in [-0.25, -0.2) is 15.0 Å². The first-order valence-electron chi connectivity index (χ1n) is 11.4. The molecule has 0 saturated carbocycles. The van der Waals surface area contributed by atoms with E-state index in [0.29, 0.717) is 36.8 Å². The Balaban J connectivity index is 1.94. The topological polar surface area (TPSA) is 140 Å². The maximum Gasteiger partial charge on any atom is 0.293 e. The van der Waals surface area contributed by atoms with Crippen LogP contribution < -0.4 is 20.9 Å². The number of ether oxygens (including phenoxy) is 2. The highest BCUT2D eigenvalue weighted by molar-refractivity contribution is 5.82. The molecule has 0 spiro atoms. The van der Waals surface area contributed by atoms with E-state index in [1.54, 1.807) is 44.0 Å². The number of pyridine rings is 2. The van der Waals surface area contributed by atoms with Gasteiger partial charge in [-0.3, -0.25) is 14.2 Å². The summed E-state index contributed by atoms with van der Waals surface area (Å²) in [7, 11) is 1.55. The first-order chi connectivity index (χ1) is 16.8. The number of carbonyl (C=O) groups excluding carboxylic acids is 1. The van der Waals surface area contributed by atoms with E-state index in [0.717, 1.165) is 17.5 Å². The Morgan fingerprint density at radius 3 is 2.60 bits per heavy atom. The van der Waals surface area contributed by atoms with Gasteiger partial charge in [-0.15, -0.1) is 0 Å². The lowest BCUT2D eigenvalue weighted by atomic mass is 10.1. The van der Waals surface area contributed by atoms with Crippen molar-refractivity contribution >= 4 is 22.9 Å². The van der Waals surface area contributed by atoms with Gasteiger partial charge in [0.1, 0.15) is 0 Å². The van der Waals surface area contributed by atoms with Crippen LogP contribution >= 0.6 is 0 Å². The summed E-state index contributed by atoms with van der Waals surface area (Å²) in [6.07, 6.45) is 4.19. The third kappa shape index (κ3) is 6.74. The van der Waals surface area contributed by atoms with Crippen LogP contribution in [0.4, 0.5) is 5.82 Å². The van der Waals surface area contributed by atoms with Crippen molar-refractivity contribution in [2.75, 3.05) is 38.8 Å². The number of nitrogens with zero attached hydrogens (tertiary/aromatic N) is 4. The molecule has 0 aliphatic rings. The van der Waals surface area contributed by atoms with Crippen molar-refractivity contribution in [2.45, 2.75) is 39.3 Å². The number of methoxy groups -OCH3 is 1. The molecule has 3 aromatic rings. The summed E-state index contributed by atoms with van der Waals surface area (Å²) in [6, 6.07) is 5.44. The number of anilines is 1. The van der Waals surface area contributed by atoms with Gasteiger partial charge in [-0.1, -0.05) is 6.92 Å². The fourth-order valence-corrected chi connectivity index (χ4v) is 3.32. The van der Waals surface area contributed by atoms with Crippen LogP contribution in [-0.4, -0.2) is 69.5 Å². The molecule has 0 aromatic carbocycles. The van der Waals surface area contributed by atoms with E-state index in [4.69, 9.17) is 9.47 Å². The molecule has 1 amide bonds. The van der Waals surface area contributed by atoms with E-state index >= 15 is 0 Å². The van der Waals surface area contributed by atoms with E-state index in [1.807, 2.05) is 19.1 Å². The number of carbonyl (C=O) groups is 1. The van der Waals surface area contributed by atoms with E-state index < -0.39 is 11.1 Å². The Morgan fingerprint density at radius 1 is 1.17 bits per heavy atom. The number of rotatable bonds is 12. The number of aliphatic hydroxyl groups excluding tert-OH is 1. The lowest BCUT2D eigenvalue weighted by Gasteiger charge is -2.23. The fraction of sp³-hybridized carbons (Fsp3) is 0.458. The normalized spacial score (nSPS) is 11.5. The SMILES string of the molecule is CCCOCCn1c(=O)c(NCC(=O)NC(C)(C)CO)nc2ncc(-c3ccc(OC)nc3)cc21.